The molecule has 0 saturated heterocycles. The van der Waals surface area contributed by atoms with Crippen molar-refractivity contribution < 1.29 is 8.42 Å². The van der Waals surface area contributed by atoms with Crippen molar-refractivity contribution in [3.8, 4) is 0 Å². The molecule has 4 aliphatic rings. The van der Waals surface area contributed by atoms with Crippen LogP contribution in [0.1, 0.15) is 49.7 Å². The van der Waals surface area contributed by atoms with Crippen LogP contribution in [0, 0.1) is 24.7 Å². The van der Waals surface area contributed by atoms with E-state index in [1.165, 1.54) is 49.7 Å². The molecule has 0 atom stereocenters. The predicted octanol–water partition coefficient (Wildman–Crippen LogP) is 3.11. The van der Waals surface area contributed by atoms with Crippen LogP contribution in [0.5, 0.6) is 0 Å². The molecule has 5 rings (SSSR count). The molecule has 114 valence electrons. The summed E-state index contributed by atoms with van der Waals surface area (Å²) in [7, 11) is -3.61. The van der Waals surface area contributed by atoms with E-state index in [2.05, 4.69) is 6.92 Å². The Bertz CT molecular complexity index is 657. The maximum atomic E-state index is 11.7. The summed E-state index contributed by atoms with van der Waals surface area (Å²) >= 11 is 0. The molecule has 1 aromatic carbocycles. The second-order valence-corrected chi connectivity index (χ2v) is 9.28. The molecule has 2 N–H and O–H groups in total. The Labute approximate surface area is 127 Å². The highest BCUT2D eigenvalue weighted by atomic mass is 32.2. The predicted molar refractivity (Wildman–Crippen MR) is 82.4 cm³/mol. The summed E-state index contributed by atoms with van der Waals surface area (Å²) in [5, 5.41) is 5.34. The number of benzene rings is 1. The van der Waals surface area contributed by atoms with Gasteiger partial charge in [0.25, 0.3) is 0 Å². The van der Waals surface area contributed by atoms with E-state index in [9.17, 15) is 8.42 Å². The molecular weight excluding hydrogens is 282 g/mol. The third-order valence-corrected chi connectivity index (χ3v) is 7.06. The SMILES string of the molecule is Cc1ccc(S(N)(=O)=O)cc1C12CC3CC(CC(C3)C1)C2. The van der Waals surface area contributed by atoms with E-state index < -0.39 is 10.0 Å². The number of hydrogen-bond acceptors (Lipinski definition) is 2. The van der Waals surface area contributed by atoms with Gasteiger partial charge >= 0.3 is 0 Å². The quantitative estimate of drug-likeness (QED) is 0.912. The van der Waals surface area contributed by atoms with Crippen LogP contribution < -0.4 is 5.14 Å². The molecule has 4 heteroatoms. The molecule has 0 spiro atoms. The van der Waals surface area contributed by atoms with E-state index in [0.29, 0.717) is 0 Å². The lowest BCUT2D eigenvalue weighted by atomic mass is 9.47. The third-order valence-electron chi connectivity index (χ3n) is 6.15. The van der Waals surface area contributed by atoms with E-state index >= 15 is 0 Å². The number of hydrogen-bond donors (Lipinski definition) is 1. The second kappa shape index (κ2) is 4.32. The van der Waals surface area contributed by atoms with Crippen molar-refractivity contribution in [2.75, 3.05) is 0 Å². The molecule has 21 heavy (non-hydrogen) atoms. The third kappa shape index (κ3) is 2.15. The average molecular weight is 305 g/mol. The van der Waals surface area contributed by atoms with Crippen molar-refractivity contribution in [2.45, 2.75) is 55.8 Å². The first-order valence-corrected chi connectivity index (χ1v) is 9.54. The molecule has 0 aromatic heterocycles. The minimum Gasteiger partial charge on any atom is -0.225 e. The van der Waals surface area contributed by atoms with Crippen molar-refractivity contribution in [3.05, 3.63) is 29.3 Å². The Hall–Kier alpha value is -0.870. The fourth-order valence-electron chi connectivity index (χ4n) is 5.79. The van der Waals surface area contributed by atoms with Gasteiger partial charge in [0, 0.05) is 0 Å². The van der Waals surface area contributed by atoms with Crippen molar-refractivity contribution in [2.24, 2.45) is 22.9 Å². The van der Waals surface area contributed by atoms with Gasteiger partial charge in [-0.25, -0.2) is 13.6 Å². The van der Waals surface area contributed by atoms with E-state index in [4.69, 9.17) is 5.14 Å². The van der Waals surface area contributed by atoms with Gasteiger partial charge in [0.05, 0.1) is 4.90 Å². The molecule has 0 aliphatic heterocycles. The summed E-state index contributed by atoms with van der Waals surface area (Å²) in [5.41, 5.74) is 2.71. The fourth-order valence-corrected chi connectivity index (χ4v) is 6.33. The van der Waals surface area contributed by atoms with Gasteiger partial charge in [-0.3, -0.25) is 0 Å². The number of nitrogens with two attached hydrogens (primary N) is 1. The maximum Gasteiger partial charge on any atom is 0.238 e. The van der Waals surface area contributed by atoms with Gasteiger partial charge in [0.1, 0.15) is 0 Å². The molecule has 4 bridgehead atoms. The van der Waals surface area contributed by atoms with Gasteiger partial charge in [-0.15, -0.1) is 0 Å². The summed E-state index contributed by atoms with van der Waals surface area (Å²) in [6.45, 7) is 2.11. The van der Waals surface area contributed by atoms with Crippen molar-refractivity contribution in [3.63, 3.8) is 0 Å². The zero-order valence-corrected chi connectivity index (χ0v) is 13.3. The molecule has 0 amide bonds. The largest absolute Gasteiger partial charge is 0.238 e. The fraction of sp³-hybridized carbons (Fsp3) is 0.647. The average Bonchev–Trinajstić information content (AvgIpc) is 2.35. The highest BCUT2D eigenvalue weighted by Crippen LogP contribution is 2.61. The van der Waals surface area contributed by atoms with E-state index in [0.717, 1.165) is 17.8 Å². The molecule has 4 fully saturated rings. The van der Waals surface area contributed by atoms with Gasteiger partial charge in [-0.1, -0.05) is 6.07 Å². The number of rotatable bonds is 2. The van der Waals surface area contributed by atoms with Gasteiger partial charge in [0.2, 0.25) is 10.0 Å². The van der Waals surface area contributed by atoms with Gasteiger partial charge in [-0.05, 0) is 91.9 Å². The minimum absolute atomic E-state index is 0.222. The molecular formula is C17H23NO2S. The van der Waals surface area contributed by atoms with Crippen LogP contribution in [-0.4, -0.2) is 8.42 Å². The first-order valence-electron chi connectivity index (χ1n) is 8.00. The van der Waals surface area contributed by atoms with E-state index in [1.54, 1.807) is 6.07 Å². The maximum absolute atomic E-state index is 11.7. The Morgan fingerprint density at radius 1 is 1.05 bits per heavy atom. The zero-order chi connectivity index (χ0) is 14.8. The Morgan fingerprint density at radius 3 is 2.05 bits per heavy atom. The van der Waals surface area contributed by atoms with Crippen LogP contribution in [0.25, 0.3) is 0 Å². The van der Waals surface area contributed by atoms with Crippen molar-refractivity contribution in [1.82, 2.24) is 0 Å². The summed E-state index contributed by atoms with van der Waals surface area (Å²) in [4.78, 5) is 0.277. The van der Waals surface area contributed by atoms with Gasteiger partial charge in [-0.2, -0.15) is 0 Å². The monoisotopic (exact) mass is 305 g/mol. The van der Waals surface area contributed by atoms with Crippen LogP contribution in [0.3, 0.4) is 0 Å². The Kier molecular flexibility index (Phi) is 2.84. The summed E-state index contributed by atoms with van der Waals surface area (Å²) in [5.74, 6) is 2.57. The first kappa shape index (κ1) is 13.8. The second-order valence-electron chi connectivity index (χ2n) is 7.72. The van der Waals surface area contributed by atoms with Crippen LogP contribution in [0.4, 0.5) is 0 Å². The smallest absolute Gasteiger partial charge is 0.225 e. The zero-order valence-electron chi connectivity index (χ0n) is 12.5. The number of aryl methyl sites for hydroxylation is 1. The molecule has 0 heterocycles. The lowest BCUT2D eigenvalue weighted by molar-refractivity contribution is -0.00555. The van der Waals surface area contributed by atoms with Crippen LogP contribution >= 0.6 is 0 Å². The highest BCUT2D eigenvalue weighted by Gasteiger charge is 2.52. The van der Waals surface area contributed by atoms with E-state index in [1.807, 2.05) is 12.1 Å². The summed E-state index contributed by atoms with van der Waals surface area (Å²) in [6, 6.07) is 5.46. The van der Waals surface area contributed by atoms with Crippen molar-refractivity contribution in [1.29, 1.82) is 0 Å². The molecule has 4 aliphatic carbocycles. The van der Waals surface area contributed by atoms with Gasteiger partial charge < -0.3 is 0 Å². The summed E-state index contributed by atoms with van der Waals surface area (Å²) in [6.07, 6.45) is 7.92. The molecule has 1 aromatic rings. The molecule has 4 saturated carbocycles. The standard InChI is InChI=1S/C17H23NO2S/c1-11-2-3-15(21(18,19)20)7-16(11)17-8-12-4-13(9-17)6-14(5-12)10-17/h2-3,7,12-14H,4-6,8-10H2,1H3,(H2,18,19,20). The molecule has 0 radical (unpaired) electrons. The lowest BCUT2D eigenvalue weighted by Crippen LogP contribution is -2.48. The molecule has 0 unspecified atom stereocenters. The van der Waals surface area contributed by atoms with E-state index in [-0.39, 0.29) is 10.3 Å². The van der Waals surface area contributed by atoms with Crippen LogP contribution in [0.15, 0.2) is 23.1 Å². The van der Waals surface area contributed by atoms with Crippen molar-refractivity contribution >= 4 is 10.0 Å². The lowest BCUT2D eigenvalue weighted by Gasteiger charge is -2.57. The van der Waals surface area contributed by atoms with Crippen LogP contribution in [0.2, 0.25) is 0 Å². The number of sulfonamides is 1. The van der Waals surface area contributed by atoms with Gasteiger partial charge in [0.15, 0.2) is 0 Å². The molecule has 3 nitrogen and oxygen atoms in total. The Morgan fingerprint density at radius 2 is 1.57 bits per heavy atom. The summed E-state index contributed by atoms with van der Waals surface area (Å²) < 4.78 is 23.4. The minimum atomic E-state index is -3.61. The number of primary sulfonamides is 1. The Balaban J connectivity index is 1.83. The topological polar surface area (TPSA) is 60.2 Å². The highest BCUT2D eigenvalue weighted by molar-refractivity contribution is 7.89. The normalized spacial score (nSPS) is 37.9. The van der Waals surface area contributed by atoms with Crippen LogP contribution in [-0.2, 0) is 15.4 Å². The first-order chi connectivity index (χ1) is 9.86.